The Bertz CT molecular complexity index is 1210. The number of anilines is 1. The summed E-state index contributed by atoms with van der Waals surface area (Å²) in [5.41, 5.74) is 3.45. The van der Waals surface area contributed by atoms with Crippen LogP contribution in [0.2, 0.25) is 0 Å². The molecule has 1 saturated carbocycles. The molecule has 0 unspecified atom stereocenters. The summed E-state index contributed by atoms with van der Waals surface area (Å²) in [4.78, 5) is 13.0. The molecular formula is C25H27N3O. The highest BCUT2D eigenvalue weighted by molar-refractivity contribution is 5.85. The molecule has 4 nitrogen and oxygen atoms in total. The molecule has 0 atom stereocenters. The Morgan fingerprint density at radius 2 is 1.55 bits per heavy atom. The van der Waals surface area contributed by atoms with Crippen molar-refractivity contribution in [3.8, 4) is 0 Å². The van der Waals surface area contributed by atoms with Gasteiger partial charge < -0.3 is 5.32 Å². The van der Waals surface area contributed by atoms with Crippen molar-refractivity contribution in [3.05, 3.63) is 77.2 Å². The quantitative estimate of drug-likeness (QED) is 0.499. The average molecular weight is 386 g/mol. The predicted molar refractivity (Wildman–Crippen MR) is 121 cm³/mol. The summed E-state index contributed by atoms with van der Waals surface area (Å²) in [5.74, 6) is 0. The van der Waals surface area contributed by atoms with Crippen LogP contribution >= 0.6 is 0 Å². The summed E-state index contributed by atoms with van der Waals surface area (Å²) < 4.78 is 3.94. The summed E-state index contributed by atoms with van der Waals surface area (Å²) >= 11 is 0. The van der Waals surface area contributed by atoms with Gasteiger partial charge in [0, 0.05) is 24.3 Å². The van der Waals surface area contributed by atoms with Gasteiger partial charge >= 0.3 is 5.69 Å². The number of nitrogens with one attached hydrogen (secondary N) is 1. The van der Waals surface area contributed by atoms with Gasteiger partial charge in [-0.1, -0.05) is 42.5 Å². The van der Waals surface area contributed by atoms with Gasteiger partial charge in [0.1, 0.15) is 0 Å². The zero-order valence-corrected chi connectivity index (χ0v) is 16.8. The molecule has 1 heterocycles. The second-order valence-electron chi connectivity index (χ2n) is 8.10. The van der Waals surface area contributed by atoms with E-state index in [9.17, 15) is 4.79 Å². The lowest BCUT2D eigenvalue weighted by Crippen LogP contribution is -2.32. The molecular weight excluding hydrogens is 358 g/mol. The molecule has 1 fully saturated rings. The lowest BCUT2D eigenvalue weighted by molar-refractivity contribution is 0.332. The lowest BCUT2D eigenvalue weighted by atomic mass is 9.90. The highest BCUT2D eigenvalue weighted by Gasteiger charge is 2.26. The molecule has 0 saturated heterocycles. The summed E-state index contributed by atoms with van der Waals surface area (Å²) in [7, 11) is 0. The molecule has 1 aliphatic rings. The molecule has 0 aliphatic heterocycles. The van der Waals surface area contributed by atoms with E-state index in [1.165, 1.54) is 16.5 Å². The first-order valence-electron chi connectivity index (χ1n) is 10.7. The Morgan fingerprint density at radius 3 is 2.31 bits per heavy atom. The van der Waals surface area contributed by atoms with E-state index in [0.29, 0.717) is 12.6 Å². The minimum absolute atomic E-state index is 0.139. The van der Waals surface area contributed by atoms with Crippen LogP contribution in [0.25, 0.3) is 21.8 Å². The maximum absolute atomic E-state index is 13.0. The fraction of sp³-hybridized carbons (Fsp3) is 0.320. The molecule has 4 aromatic rings. The third-order valence-electron chi connectivity index (χ3n) is 6.37. The fourth-order valence-corrected chi connectivity index (χ4v) is 4.88. The smallest absolute Gasteiger partial charge is 0.329 e. The molecule has 3 aromatic carbocycles. The van der Waals surface area contributed by atoms with Gasteiger partial charge in [-0.15, -0.1) is 0 Å². The van der Waals surface area contributed by atoms with E-state index in [1.54, 1.807) is 0 Å². The highest BCUT2D eigenvalue weighted by Crippen LogP contribution is 2.32. The van der Waals surface area contributed by atoms with Gasteiger partial charge in [0.25, 0.3) is 0 Å². The maximum Gasteiger partial charge on any atom is 0.329 e. The molecule has 0 radical (unpaired) electrons. The number of hydrogen-bond acceptors (Lipinski definition) is 2. The number of aromatic nitrogens is 2. The molecule has 1 N–H and O–H groups in total. The topological polar surface area (TPSA) is 39.0 Å². The lowest BCUT2D eigenvalue weighted by Gasteiger charge is -2.30. The summed E-state index contributed by atoms with van der Waals surface area (Å²) in [6, 6.07) is 24.0. The zero-order chi connectivity index (χ0) is 19.8. The average Bonchev–Trinajstić information content (AvgIpc) is 3.05. The SMILES string of the molecule is CCn1c(=O)n(C2CCC(Nc3ccc4ccccc4c3)CC2)c2ccccc21. The van der Waals surface area contributed by atoms with Crippen LogP contribution in [-0.4, -0.2) is 15.2 Å². The Labute approximate surface area is 170 Å². The number of nitrogens with zero attached hydrogens (tertiary/aromatic N) is 2. The first kappa shape index (κ1) is 18.0. The highest BCUT2D eigenvalue weighted by atomic mass is 16.1. The van der Waals surface area contributed by atoms with Gasteiger partial charge in [0.15, 0.2) is 0 Å². The van der Waals surface area contributed by atoms with Crippen molar-refractivity contribution in [2.24, 2.45) is 0 Å². The van der Waals surface area contributed by atoms with Crippen LogP contribution in [0.1, 0.15) is 38.6 Å². The Hall–Kier alpha value is -3.01. The van der Waals surface area contributed by atoms with E-state index < -0.39 is 0 Å². The third-order valence-corrected chi connectivity index (χ3v) is 6.37. The number of para-hydroxylation sites is 2. The van der Waals surface area contributed by atoms with Crippen molar-refractivity contribution in [3.63, 3.8) is 0 Å². The van der Waals surface area contributed by atoms with E-state index in [0.717, 1.165) is 36.7 Å². The van der Waals surface area contributed by atoms with E-state index in [4.69, 9.17) is 0 Å². The normalized spacial score (nSPS) is 19.6. The van der Waals surface area contributed by atoms with E-state index >= 15 is 0 Å². The number of aryl methyl sites for hydroxylation is 1. The van der Waals surface area contributed by atoms with E-state index in [2.05, 4.69) is 59.9 Å². The van der Waals surface area contributed by atoms with Crippen LogP contribution in [-0.2, 0) is 6.54 Å². The molecule has 0 spiro atoms. The molecule has 148 valence electrons. The number of rotatable bonds is 4. The second-order valence-corrected chi connectivity index (χ2v) is 8.10. The van der Waals surface area contributed by atoms with Crippen LogP contribution in [0, 0.1) is 0 Å². The Kier molecular flexibility index (Phi) is 4.62. The zero-order valence-electron chi connectivity index (χ0n) is 16.8. The van der Waals surface area contributed by atoms with Crippen LogP contribution in [0.4, 0.5) is 5.69 Å². The Morgan fingerprint density at radius 1 is 0.862 bits per heavy atom. The molecule has 0 amide bonds. The van der Waals surface area contributed by atoms with Gasteiger partial charge in [0.2, 0.25) is 0 Å². The predicted octanol–water partition coefficient (Wildman–Crippen LogP) is 5.57. The van der Waals surface area contributed by atoms with Crippen LogP contribution in [0.15, 0.2) is 71.5 Å². The van der Waals surface area contributed by atoms with E-state index in [1.807, 2.05) is 28.2 Å². The molecule has 5 rings (SSSR count). The molecule has 29 heavy (non-hydrogen) atoms. The monoisotopic (exact) mass is 385 g/mol. The van der Waals surface area contributed by atoms with Crippen LogP contribution in [0.3, 0.4) is 0 Å². The van der Waals surface area contributed by atoms with Gasteiger partial charge in [-0.2, -0.15) is 0 Å². The number of hydrogen-bond donors (Lipinski definition) is 1. The summed E-state index contributed by atoms with van der Waals surface area (Å²) in [6.07, 6.45) is 4.22. The summed E-state index contributed by atoms with van der Waals surface area (Å²) in [6.45, 7) is 2.76. The second kappa shape index (κ2) is 7.43. The Balaban J connectivity index is 1.33. The standard InChI is InChI=1S/C25H27N3O/c1-2-27-23-9-5-6-10-24(23)28(25(27)29)22-15-13-20(14-16-22)26-21-12-11-18-7-3-4-8-19(18)17-21/h3-12,17,20,22,26H,2,13-16H2,1H3. The fourth-order valence-electron chi connectivity index (χ4n) is 4.88. The van der Waals surface area contributed by atoms with Gasteiger partial charge in [0.05, 0.1) is 11.0 Å². The third kappa shape index (κ3) is 3.23. The van der Waals surface area contributed by atoms with Crippen molar-refractivity contribution in [2.75, 3.05) is 5.32 Å². The van der Waals surface area contributed by atoms with Gasteiger partial charge in [-0.05, 0) is 67.6 Å². The minimum Gasteiger partial charge on any atom is -0.382 e. The van der Waals surface area contributed by atoms with Crippen LogP contribution < -0.4 is 11.0 Å². The molecule has 4 heteroatoms. The number of benzene rings is 3. The van der Waals surface area contributed by atoms with Crippen molar-refractivity contribution in [2.45, 2.75) is 51.2 Å². The summed E-state index contributed by atoms with van der Waals surface area (Å²) in [5, 5.41) is 6.26. The van der Waals surface area contributed by atoms with E-state index in [-0.39, 0.29) is 11.7 Å². The molecule has 0 bridgehead atoms. The van der Waals surface area contributed by atoms with Gasteiger partial charge in [-0.25, -0.2) is 4.79 Å². The van der Waals surface area contributed by atoms with Crippen molar-refractivity contribution < 1.29 is 0 Å². The molecule has 1 aromatic heterocycles. The largest absolute Gasteiger partial charge is 0.382 e. The van der Waals surface area contributed by atoms with Crippen molar-refractivity contribution >= 4 is 27.5 Å². The maximum atomic E-state index is 13.0. The number of fused-ring (bicyclic) bond motifs is 2. The van der Waals surface area contributed by atoms with Crippen LogP contribution in [0.5, 0.6) is 0 Å². The van der Waals surface area contributed by atoms with Crippen molar-refractivity contribution in [1.82, 2.24) is 9.13 Å². The molecule has 1 aliphatic carbocycles. The minimum atomic E-state index is 0.139. The van der Waals surface area contributed by atoms with Gasteiger partial charge in [-0.3, -0.25) is 9.13 Å². The van der Waals surface area contributed by atoms with Crippen molar-refractivity contribution in [1.29, 1.82) is 0 Å². The first-order chi connectivity index (χ1) is 14.2. The first-order valence-corrected chi connectivity index (χ1v) is 10.7. The number of imidazole rings is 1.